The molecule has 12 heavy (non-hydrogen) atoms. The minimum atomic E-state index is -3.04. The average molecular weight is 186 g/mol. The van der Waals surface area contributed by atoms with Gasteiger partial charge in [-0.05, 0) is 11.6 Å². The molecule has 0 aromatic carbocycles. The molecule has 0 radical (unpaired) electrons. The summed E-state index contributed by atoms with van der Waals surface area (Å²) < 4.78 is 22.2. The lowest BCUT2D eigenvalue weighted by atomic mass is 10.2. The number of hydrogen-bond acceptors (Lipinski definition) is 4. The van der Waals surface area contributed by atoms with Gasteiger partial charge in [-0.3, -0.25) is 4.99 Å². The van der Waals surface area contributed by atoms with Crippen molar-refractivity contribution in [1.29, 1.82) is 0 Å². The number of aliphatic imine (C=N–C) groups is 1. The van der Waals surface area contributed by atoms with Gasteiger partial charge in [0, 0.05) is 19.3 Å². The first kappa shape index (κ1) is 7.94. The standard InChI is InChI=1S/C7H10N2O2S/c1-12(10,11)7-2-5-3-8-4-6(5)9-7/h2,7-8H,3-4H2,1H3. The van der Waals surface area contributed by atoms with Gasteiger partial charge in [-0.15, -0.1) is 0 Å². The molecule has 0 spiro atoms. The Kier molecular flexibility index (Phi) is 1.59. The molecular formula is C7H10N2O2S. The van der Waals surface area contributed by atoms with Gasteiger partial charge in [-0.1, -0.05) is 0 Å². The van der Waals surface area contributed by atoms with E-state index in [-0.39, 0.29) is 0 Å². The van der Waals surface area contributed by atoms with Crippen molar-refractivity contribution >= 4 is 15.5 Å². The highest BCUT2D eigenvalue weighted by Crippen LogP contribution is 2.18. The second kappa shape index (κ2) is 2.40. The van der Waals surface area contributed by atoms with Crippen molar-refractivity contribution in [2.24, 2.45) is 4.99 Å². The van der Waals surface area contributed by atoms with Gasteiger partial charge in [0.05, 0.1) is 5.71 Å². The molecule has 1 saturated heterocycles. The number of sulfone groups is 1. The Morgan fingerprint density at radius 1 is 1.58 bits per heavy atom. The number of hydrogen-bond donors (Lipinski definition) is 1. The Balaban J connectivity index is 2.35. The van der Waals surface area contributed by atoms with Crippen LogP contribution in [0.15, 0.2) is 16.6 Å². The van der Waals surface area contributed by atoms with E-state index in [4.69, 9.17) is 0 Å². The van der Waals surface area contributed by atoms with Gasteiger partial charge < -0.3 is 5.32 Å². The summed E-state index contributed by atoms with van der Waals surface area (Å²) in [4.78, 5) is 4.09. The maximum Gasteiger partial charge on any atom is 0.174 e. The summed E-state index contributed by atoms with van der Waals surface area (Å²) in [7, 11) is -3.04. The van der Waals surface area contributed by atoms with Gasteiger partial charge in [0.2, 0.25) is 0 Å². The molecule has 2 rings (SSSR count). The molecule has 0 aromatic heterocycles. The number of nitrogens with one attached hydrogen (secondary N) is 1. The van der Waals surface area contributed by atoms with Crippen molar-refractivity contribution in [3.05, 3.63) is 11.6 Å². The van der Waals surface area contributed by atoms with Crippen molar-refractivity contribution in [2.45, 2.75) is 5.37 Å². The first-order chi connectivity index (χ1) is 5.57. The minimum absolute atomic E-state index is 0.621. The molecule has 1 fully saturated rings. The second-order valence-electron chi connectivity index (χ2n) is 3.09. The van der Waals surface area contributed by atoms with Crippen LogP contribution in [-0.2, 0) is 9.84 Å². The Bertz CT molecular complexity index is 347. The molecule has 2 heterocycles. The first-order valence-corrected chi connectivity index (χ1v) is 5.70. The lowest BCUT2D eigenvalue weighted by Gasteiger charge is -2.00. The quantitative estimate of drug-likeness (QED) is 0.591. The summed E-state index contributed by atoms with van der Waals surface area (Å²) in [5.41, 5.74) is 1.95. The molecule has 1 N–H and O–H groups in total. The number of nitrogens with zero attached hydrogens (tertiary/aromatic N) is 1. The van der Waals surface area contributed by atoms with Crippen molar-refractivity contribution in [3.63, 3.8) is 0 Å². The lowest BCUT2D eigenvalue weighted by Crippen LogP contribution is -2.16. The van der Waals surface area contributed by atoms with E-state index in [1.165, 1.54) is 6.26 Å². The van der Waals surface area contributed by atoms with E-state index in [0.29, 0.717) is 6.54 Å². The van der Waals surface area contributed by atoms with Crippen LogP contribution < -0.4 is 5.32 Å². The van der Waals surface area contributed by atoms with Crippen LogP contribution in [0, 0.1) is 0 Å². The Hall–Kier alpha value is -0.680. The van der Waals surface area contributed by atoms with E-state index in [1.54, 1.807) is 6.08 Å². The van der Waals surface area contributed by atoms with Crippen LogP contribution in [0.5, 0.6) is 0 Å². The third-order valence-electron chi connectivity index (χ3n) is 2.04. The van der Waals surface area contributed by atoms with Crippen LogP contribution in [0.25, 0.3) is 0 Å². The second-order valence-corrected chi connectivity index (χ2v) is 5.23. The van der Waals surface area contributed by atoms with E-state index in [9.17, 15) is 8.42 Å². The van der Waals surface area contributed by atoms with Crippen molar-refractivity contribution in [2.75, 3.05) is 19.3 Å². The van der Waals surface area contributed by atoms with Crippen LogP contribution in [0.1, 0.15) is 0 Å². The zero-order valence-electron chi connectivity index (χ0n) is 6.74. The summed E-state index contributed by atoms with van der Waals surface area (Å²) >= 11 is 0. The maximum atomic E-state index is 11.1. The van der Waals surface area contributed by atoms with E-state index >= 15 is 0 Å². The molecule has 1 unspecified atom stereocenters. The Morgan fingerprint density at radius 2 is 2.33 bits per heavy atom. The van der Waals surface area contributed by atoms with Crippen molar-refractivity contribution in [3.8, 4) is 0 Å². The fourth-order valence-corrected chi connectivity index (χ4v) is 2.13. The monoisotopic (exact) mass is 186 g/mol. The molecule has 0 bridgehead atoms. The van der Waals surface area contributed by atoms with Gasteiger partial charge in [0.25, 0.3) is 0 Å². The van der Waals surface area contributed by atoms with Gasteiger partial charge >= 0.3 is 0 Å². The van der Waals surface area contributed by atoms with Gasteiger partial charge in [-0.25, -0.2) is 8.42 Å². The highest BCUT2D eigenvalue weighted by Gasteiger charge is 2.28. The summed E-state index contributed by atoms with van der Waals surface area (Å²) in [6, 6.07) is 0. The fraction of sp³-hybridized carbons (Fsp3) is 0.571. The normalized spacial score (nSPS) is 28.2. The van der Waals surface area contributed by atoms with Crippen molar-refractivity contribution < 1.29 is 8.42 Å². The molecule has 0 saturated carbocycles. The van der Waals surface area contributed by atoms with E-state index in [1.807, 2.05) is 0 Å². The van der Waals surface area contributed by atoms with Crippen LogP contribution in [-0.4, -0.2) is 38.8 Å². The van der Waals surface area contributed by atoms with E-state index < -0.39 is 15.2 Å². The van der Waals surface area contributed by atoms with Gasteiger partial charge in [0.1, 0.15) is 0 Å². The summed E-state index contributed by atoms with van der Waals surface area (Å²) in [5, 5.41) is 2.48. The first-order valence-electron chi connectivity index (χ1n) is 3.75. The molecule has 0 aliphatic carbocycles. The topological polar surface area (TPSA) is 58.5 Å². The molecule has 4 nitrogen and oxygen atoms in total. The molecule has 5 heteroatoms. The van der Waals surface area contributed by atoms with Gasteiger partial charge in [-0.2, -0.15) is 0 Å². The minimum Gasteiger partial charge on any atom is -0.307 e. The molecule has 2 aliphatic rings. The van der Waals surface area contributed by atoms with E-state index in [0.717, 1.165) is 17.8 Å². The summed E-state index contributed by atoms with van der Waals surface area (Å²) in [6.45, 7) is 1.46. The third kappa shape index (κ3) is 1.19. The predicted octanol–water partition coefficient (Wildman–Crippen LogP) is -0.659. The highest BCUT2D eigenvalue weighted by atomic mass is 32.2. The zero-order chi connectivity index (χ0) is 8.77. The maximum absolute atomic E-state index is 11.1. The smallest absolute Gasteiger partial charge is 0.174 e. The zero-order valence-corrected chi connectivity index (χ0v) is 7.56. The number of rotatable bonds is 1. The summed E-state index contributed by atoms with van der Waals surface area (Å²) in [6.07, 6.45) is 2.94. The molecule has 0 aromatic rings. The van der Waals surface area contributed by atoms with Crippen LogP contribution in [0.4, 0.5) is 0 Å². The average Bonchev–Trinajstić information content (AvgIpc) is 2.37. The number of fused-ring (bicyclic) bond motifs is 1. The van der Waals surface area contributed by atoms with Crippen LogP contribution in [0.3, 0.4) is 0 Å². The molecule has 66 valence electrons. The predicted molar refractivity (Wildman–Crippen MR) is 47.0 cm³/mol. The molecular weight excluding hydrogens is 176 g/mol. The largest absolute Gasteiger partial charge is 0.307 e. The fourth-order valence-electron chi connectivity index (χ4n) is 1.40. The molecule has 1 atom stereocenters. The van der Waals surface area contributed by atoms with E-state index in [2.05, 4.69) is 10.3 Å². The Morgan fingerprint density at radius 3 is 2.92 bits per heavy atom. The summed E-state index contributed by atoms with van der Waals surface area (Å²) in [5.74, 6) is 0. The molecule has 2 aliphatic heterocycles. The van der Waals surface area contributed by atoms with Crippen LogP contribution in [0.2, 0.25) is 0 Å². The molecule has 0 amide bonds. The Labute approximate surface area is 71.3 Å². The van der Waals surface area contributed by atoms with Gasteiger partial charge in [0.15, 0.2) is 15.2 Å². The highest BCUT2D eigenvalue weighted by molar-refractivity contribution is 7.91. The SMILES string of the molecule is CS(=O)(=O)C1C=C2CNCC2=N1. The third-order valence-corrected chi connectivity index (χ3v) is 3.16. The lowest BCUT2D eigenvalue weighted by molar-refractivity contribution is 0.596. The van der Waals surface area contributed by atoms with Crippen LogP contribution >= 0.6 is 0 Å². The van der Waals surface area contributed by atoms with Crippen molar-refractivity contribution in [1.82, 2.24) is 5.32 Å².